The Labute approximate surface area is 161 Å². The fourth-order valence-corrected chi connectivity index (χ4v) is 3.94. The Kier molecular flexibility index (Phi) is 5.33. The van der Waals surface area contributed by atoms with Crippen molar-refractivity contribution in [2.24, 2.45) is 0 Å². The topological polar surface area (TPSA) is 101 Å². The summed E-state index contributed by atoms with van der Waals surface area (Å²) in [7, 11) is 0. The molecule has 0 amide bonds. The van der Waals surface area contributed by atoms with Gasteiger partial charge in [0.1, 0.15) is 12.0 Å². The zero-order chi connectivity index (χ0) is 18.6. The molecule has 0 bridgehead atoms. The first kappa shape index (κ1) is 17.9. The van der Waals surface area contributed by atoms with Gasteiger partial charge in [-0.1, -0.05) is 17.4 Å². The summed E-state index contributed by atoms with van der Waals surface area (Å²) < 4.78 is 6.50. The highest BCUT2D eigenvalue weighted by Gasteiger charge is 2.13. The van der Waals surface area contributed by atoms with Gasteiger partial charge in [0.05, 0.1) is 23.4 Å². The molecule has 0 spiro atoms. The number of aryl methyl sites for hydroxylation is 1. The largest absolute Gasteiger partial charge is 0.393 e. The molecule has 8 nitrogen and oxygen atoms in total. The number of hydrogen-bond acceptors (Lipinski definition) is 9. The van der Waals surface area contributed by atoms with Gasteiger partial charge in [-0.2, -0.15) is 0 Å². The van der Waals surface area contributed by atoms with Crippen molar-refractivity contribution in [3.63, 3.8) is 0 Å². The summed E-state index contributed by atoms with van der Waals surface area (Å²) >= 11 is 1.58. The molecule has 142 valence electrons. The number of nitrogens with one attached hydrogen (secondary N) is 2. The summed E-state index contributed by atoms with van der Waals surface area (Å²) in [5, 5.41) is 7.29. The van der Waals surface area contributed by atoms with Crippen molar-refractivity contribution >= 4 is 44.0 Å². The van der Waals surface area contributed by atoms with Crippen LogP contribution in [0.25, 0.3) is 10.2 Å². The molecule has 3 aromatic rings. The van der Waals surface area contributed by atoms with Crippen LogP contribution in [0.3, 0.4) is 0 Å². The van der Waals surface area contributed by atoms with E-state index in [0.29, 0.717) is 17.3 Å². The lowest BCUT2D eigenvalue weighted by atomic mass is 10.2. The van der Waals surface area contributed by atoms with E-state index in [-0.39, 0.29) is 0 Å². The van der Waals surface area contributed by atoms with Crippen LogP contribution in [0.2, 0.25) is 0 Å². The minimum atomic E-state index is 0.495. The maximum atomic E-state index is 6.26. The normalized spacial score (nSPS) is 15.1. The third-order valence-corrected chi connectivity index (χ3v) is 5.41. The highest BCUT2D eigenvalue weighted by atomic mass is 32.1. The number of nitrogens with zero attached hydrogens (tertiary/aromatic N) is 4. The molecule has 3 heterocycles. The molecule has 0 aliphatic carbocycles. The number of fused-ring (bicyclic) bond motifs is 1. The van der Waals surface area contributed by atoms with Gasteiger partial charge in [-0.15, -0.1) is 0 Å². The predicted molar refractivity (Wildman–Crippen MR) is 110 cm³/mol. The molecule has 1 aliphatic rings. The Bertz CT molecular complexity index is 923. The van der Waals surface area contributed by atoms with Gasteiger partial charge in [0.25, 0.3) is 0 Å². The van der Waals surface area contributed by atoms with Crippen molar-refractivity contribution in [1.29, 1.82) is 0 Å². The first-order chi connectivity index (χ1) is 13.2. The number of morpholine rings is 1. The summed E-state index contributed by atoms with van der Waals surface area (Å²) in [6.45, 7) is 7.28. The molecular weight excluding hydrogens is 362 g/mol. The Hall–Kier alpha value is -2.49. The van der Waals surface area contributed by atoms with Crippen molar-refractivity contribution in [3.05, 3.63) is 30.1 Å². The number of nitrogens with two attached hydrogens (primary N) is 1. The molecule has 2 aromatic heterocycles. The second-order valence-corrected chi connectivity index (χ2v) is 7.51. The highest BCUT2D eigenvalue weighted by Crippen LogP contribution is 2.31. The number of anilines is 4. The van der Waals surface area contributed by atoms with E-state index >= 15 is 0 Å². The number of ether oxygens (including phenoxy) is 1. The minimum Gasteiger partial charge on any atom is -0.393 e. The number of aromatic nitrogens is 3. The van der Waals surface area contributed by atoms with Crippen LogP contribution in [0.1, 0.15) is 5.56 Å². The van der Waals surface area contributed by atoms with E-state index in [1.165, 1.54) is 11.9 Å². The van der Waals surface area contributed by atoms with E-state index in [0.717, 1.165) is 54.7 Å². The average Bonchev–Trinajstić information content (AvgIpc) is 3.07. The fourth-order valence-electron chi connectivity index (χ4n) is 2.98. The molecule has 4 N–H and O–H groups in total. The fraction of sp³-hybridized carbons (Fsp3) is 0.389. The Morgan fingerprint density at radius 3 is 2.89 bits per heavy atom. The van der Waals surface area contributed by atoms with Crippen LogP contribution >= 0.6 is 11.3 Å². The maximum Gasteiger partial charge on any atom is 0.189 e. The summed E-state index contributed by atoms with van der Waals surface area (Å²) in [6.07, 6.45) is 1.51. The number of benzene rings is 1. The van der Waals surface area contributed by atoms with Gasteiger partial charge >= 0.3 is 0 Å². The van der Waals surface area contributed by atoms with E-state index in [4.69, 9.17) is 10.5 Å². The molecule has 0 unspecified atom stereocenters. The molecule has 27 heavy (non-hydrogen) atoms. The maximum absolute atomic E-state index is 6.26. The molecule has 4 rings (SSSR count). The molecule has 0 atom stereocenters. The van der Waals surface area contributed by atoms with Gasteiger partial charge in [0, 0.05) is 26.2 Å². The van der Waals surface area contributed by atoms with Crippen LogP contribution in [-0.2, 0) is 4.74 Å². The first-order valence-corrected chi connectivity index (χ1v) is 9.79. The zero-order valence-electron chi connectivity index (χ0n) is 15.2. The van der Waals surface area contributed by atoms with E-state index in [1.807, 2.05) is 6.07 Å². The van der Waals surface area contributed by atoms with Gasteiger partial charge in [-0.25, -0.2) is 15.0 Å². The second-order valence-electron chi connectivity index (χ2n) is 6.48. The third-order valence-electron chi connectivity index (χ3n) is 4.48. The SMILES string of the molecule is Cc1ccc2nc(Nc3ncnc(NCCN4CCOCC4)c3N)sc2c1. The zero-order valence-corrected chi connectivity index (χ0v) is 16.1. The van der Waals surface area contributed by atoms with Gasteiger partial charge in [-0.05, 0) is 24.6 Å². The Morgan fingerprint density at radius 2 is 2.04 bits per heavy atom. The van der Waals surface area contributed by atoms with Crippen LogP contribution in [0.15, 0.2) is 24.5 Å². The highest BCUT2D eigenvalue weighted by molar-refractivity contribution is 7.22. The summed E-state index contributed by atoms with van der Waals surface area (Å²) in [5.41, 5.74) is 8.93. The lowest BCUT2D eigenvalue weighted by molar-refractivity contribution is 0.0398. The molecule has 9 heteroatoms. The molecule has 1 aromatic carbocycles. The van der Waals surface area contributed by atoms with Crippen molar-refractivity contribution in [3.8, 4) is 0 Å². The van der Waals surface area contributed by atoms with Crippen molar-refractivity contribution in [1.82, 2.24) is 19.9 Å². The van der Waals surface area contributed by atoms with Crippen molar-refractivity contribution in [2.75, 3.05) is 55.8 Å². The van der Waals surface area contributed by atoms with Crippen LogP contribution in [0, 0.1) is 6.92 Å². The van der Waals surface area contributed by atoms with Crippen LogP contribution < -0.4 is 16.4 Å². The number of thiazole rings is 1. The molecule has 1 aliphatic heterocycles. The average molecular weight is 385 g/mol. The van der Waals surface area contributed by atoms with Gasteiger partial charge in [0.2, 0.25) is 0 Å². The number of hydrogen-bond donors (Lipinski definition) is 3. The Balaban J connectivity index is 1.42. The van der Waals surface area contributed by atoms with E-state index in [9.17, 15) is 0 Å². The molecule has 0 saturated carbocycles. The summed E-state index contributed by atoms with van der Waals surface area (Å²) in [6, 6.07) is 6.20. The third kappa shape index (κ3) is 4.26. The van der Waals surface area contributed by atoms with E-state index < -0.39 is 0 Å². The van der Waals surface area contributed by atoms with Gasteiger partial charge in [-0.3, -0.25) is 4.90 Å². The van der Waals surface area contributed by atoms with Crippen LogP contribution in [-0.4, -0.2) is 59.2 Å². The summed E-state index contributed by atoms with van der Waals surface area (Å²) in [5.74, 6) is 1.20. The van der Waals surface area contributed by atoms with Gasteiger partial charge in [0.15, 0.2) is 16.8 Å². The minimum absolute atomic E-state index is 0.495. The van der Waals surface area contributed by atoms with E-state index in [2.05, 4.69) is 49.5 Å². The quantitative estimate of drug-likeness (QED) is 0.595. The van der Waals surface area contributed by atoms with E-state index in [1.54, 1.807) is 11.3 Å². The smallest absolute Gasteiger partial charge is 0.189 e. The van der Waals surface area contributed by atoms with Gasteiger partial charge < -0.3 is 21.1 Å². The van der Waals surface area contributed by atoms with Crippen molar-refractivity contribution in [2.45, 2.75) is 6.92 Å². The van der Waals surface area contributed by atoms with Crippen LogP contribution in [0.5, 0.6) is 0 Å². The van der Waals surface area contributed by atoms with Crippen LogP contribution in [0.4, 0.5) is 22.5 Å². The molecule has 1 saturated heterocycles. The Morgan fingerprint density at radius 1 is 1.22 bits per heavy atom. The lowest BCUT2D eigenvalue weighted by Crippen LogP contribution is -2.39. The first-order valence-electron chi connectivity index (χ1n) is 8.98. The standard InChI is InChI=1S/C18H23N7OS/c1-12-2-3-13-14(10-12)27-18(23-13)24-17-15(19)16(21-11-22-17)20-4-5-25-6-8-26-9-7-25/h2-3,10-11H,4-9,19H2,1H3,(H2,20,21,22,23,24). The number of nitrogen functional groups attached to an aromatic ring is 1. The molecule has 0 radical (unpaired) electrons. The number of rotatable bonds is 6. The molecular formula is C18H23N7OS. The monoisotopic (exact) mass is 385 g/mol. The summed E-state index contributed by atoms with van der Waals surface area (Å²) in [4.78, 5) is 15.5. The molecule has 1 fully saturated rings. The lowest BCUT2D eigenvalue weighted by Gasteiger charge is -2.26. The predicted octanol–water partition coefficient (Wildman–Crippen LogP) is 2.46. The second kappa shape index (κ2) is 8.03. The van der Waals surface area contributed by atoms with Crippen molar-refractivity contribution < 1.29 is 4.74 Å².